The Kier molecular flexibility index (Phi) is 5.26. The molecule has 0 aliphatic rings. The molecule has 17 heavy (non-hydrogen) atoms. The fourth-order valence-electron chi connectivity index (χ4n) is 2.04. The Labute approximate surface area is 113 Å². The van der Waals surface area contributed by atoms with Crippen LogP contribution in [0.3, 0.4) is 0 Å². The number of halogens is 2. The van der Waals surface area contributed by atoms with E-state index in [4.69, 9.17) is 27.9 Å². The summed E-state index contributed by atoms with van der Waals surface area (Å²) in [5.41, 5.74) is -0.00127. The Balaban J connectivity index is 3.17. The highest BCUT2D eigenvalue weighted by molar-refractivity contribution is 6.33. The maximum atomic E-state index is 10.5. The Bertz CT molecular complexity index is 367. The molecule has 0 amide bonds. The molecule has 1 N–H and O–H groups in total. The smallest absolute Gasteiger partial charge is 0.109 e. The van der Waals surface area contributed by atoms with Gasteiger partial charge in [-0.3, -0.25) is 0 Å². The minimum Gasteiger partial charge on any atom is -0.385 e. The summed E-state index contributed by atoms with van der Waals surface area (Å²) in [6.07, 6.45) is 0.613. The molecule has 1 aromatic rings. The maximum Gasteiger partial charge on any atom is 0.109 e. The Morgan fingerprint density at radius 1 is 1.29 bits per heavy atom. The fraction of sp³-hybridized carbons (Fsp3) is 0.538. The standard InChI is InChI=1S/C13H18Cl2O2/c1-4-13(5-2,17-3)12(16)10-8-9(14)6-7-11(10)15/h6-8,12,16H,4-5H2,1-3H3. The lowest BCUT2D eigenvalue weighted by atomic mass is 9.86. The van der Waals surface area contributed by atoms with Crippen molar-refractivity contribution in [2.45, 2.75) is 38.4 Å². The van der Waals surface area contributed by atoms with Crippen LogP contribution in [0.1, 0.15) is 38.4 Å². The van der Waals surface area contributed by atoms with Gasteiger partial charge in [0.15, 0.2) is 0 Å². The van der Waals surface area contributed by atoms with E-state index in [-0.39, 0.29) is 0 Å². The van der Waals surface area contributed by atoms with E-state index in [9.17, 15) is 5.11 Å². The number of hydrogen-bond acceptors (Lipinski definition) is 2. The highest BCUT2D eigenvalue weighted by Gasteiger charge is 2.36. The van der Waals surface area contributed by atoms with E-state index in [0.29, 0.717) is 28.5 Å². The molecule has 2 nitrogen and oxygen atoms in total. The summed E-state index contributed by atoms with van der Waals surface area (Å²) < 4.78 is 5.50. The summed E-state index contributed by atoms with van der Waals surface area (Å²) in [5, 5.41) is 11.5. The average Bonchev–Trinajstić information content (AvgIpc) is 2.35. The van der Waals surface area contributed by atoms with Gasteiger partial charge in [0, 0.05) is 22.7 Å². The van der Waals surface area contributed by atoms with Crippen LogP contribution >= 0.6 is 23.2 Å². The monoisotopic (exact) mass is 276 g/mol. The van der Waals surface area contributed by atoms with Crippen LogP contribution in [0, 0.1) is 0 Å². The van der Waals surface area contributed by atoms with Crippen molar-refractivity contribution >= 4 is 23.2 Å². The Morgan fingerprint density at radius 3 is 2.35 bits per heavy atom. The van der Waals surface area contributed by atoms with Crippen molar-refractivity contribution in [1.29, 1.82) is 0 Å². The number of rotatable bonds is 5. The van der Waals surface area contributed by atoms with Gasteiger partial charge < -0.3 is 9.84 Å². The highest BCUT2D eigenvalue weighted by atomic mass is 35.5. The highest BCUT2D eigenvalue weighted by Crippen LogP contribution is 2.38. The van der Waals surface area contributed by atoms with Gasteiger partial charge in [-0.25, -0.2) is 0 Å². The van der Waals surface area contributed by atoms with Crippen LogP contribution in [0.5, 0.6) is 0 Å². The first kappa shape index (κ1) is 14.8. The van der Waals surface area contributed by atoms with Crippen LogP contribution < -0.4 is 0 Å². The third-order valence-corrected chi connectivity index (χ3v) is 3.93. The van der Waals surface area contributed by atoms with E-state index in [2.05, 4.69) is 0 Å². The molecule has 0 spiro atoms. The Hall–Kier alpha value is -0.280. The van der Waals surface area contributed by atoms with Crippen molar-refractivity contribution in [2.75, 3.05) is 7.11 Å². The molecule has 0 radical (unpaired) electrons. The van der Waals surface area contributed by atoms with Crippen LogP contribution in [0.25, 0.3) is 0 Å². The third kappa shape index (κ3) is 2.94. The molecular formula is C13H18Cl2O2. The van der Waals surface area contributed by atoms with Gasteiger partial charge in [-0.2, -0.15) is 0 Å². The SMILES string of the molecule is CCC(CC)(OC)C(O)c1cc(Cl)ccc1Cl. The summed E-state index contributed by atoms with van der Waals surface area (Å²) in [7, 11) is 1.61. The van der Waals surface area contributed by atoms with E-state index in [0.717, 1.165) is 0 Å². The summed E-state index contributed by atoms with van der Waals surface area (Å²) >= 11 is 12.0. The molecular weight excluding hydrogens is 259 g/mol. The second-order valence-corrected chi connectivity index (χ2v) is 4.89. The second kappa shape index (κ2) is 6.05. The summed E-state index contributed by atoms with van der Waals surface area (Å²) in [5.74, 6) is 0. The molecule has 96 valence electrons. The van der Waals surface area contributed by atoms with Crippen LogP contribution in [0.4, 0.5) is 0 Å². The van der Waals surface area contributed by atoms with Gasteiger partial charge in [0.05, 0.1) is 5.60 Å². The first-order chi connectivity index (χ1) is 8.00. The minimum absolute atomic E-state index is 0.505. The number of methoxy groups -OCH3 is 1. The zero-order chi connectivity index (χ0) is 13.1. The van der Waals surface area contributed by atoms with E-state index in [1.54, 1.807) is 25.3 Å². The normalized spacial score (nSPS) is 13.8. The predicted molar refractivity (Wildman–Crippen MR) is 71.7 cm³/mol. The van der Waals surface area contributed by atoms with E-state index in [1.165, 1.54) is 0 Å². The van der Waals surface area contributed by atoms with Gasteiger partial charge in [-0.1, -0.05) is 37.0 Å². The molecule has 1 rings (SSSR count). The largest absolute Gasteiger partial charge is 0.385 e. The lowest BCUT2D eigenvalue weighted by Crippen LogP contribution is -2.37. The second-order valence-electron chi connectivity index (χ2n) is 4.04. The van der Waals surface area contributed by atoms with E-state index < -0.39 is 11.7 Å². The average molecular weight is 277 g/mol. The Morgan fingerprint density at radius 2 is 1.88 bits per heavy atom. The van der Waals surface area contributed by atoms with E-state index in [1.807, 2.05) is 13.8 Å². The van der Waals surface area contributed by atoms with Crippen LogP contribution in [-0.4, -0.2) is 17.8 Å². The predicted octanol–water partition coefficient (Wildman–Crippen LogP) is 4.23. The van der Waals surface area contributed by atoms with Gasteiger partial charge in [0.2, 0.25) is 0 Å². The lowest BCUT2D eigenvalue weighted by Gasteiger charge is -2.35. The zero-order valence-electron chi connectivity index (χ0n) is 10.3. The van der Waals surface area contributed by atoms with Crippen molar-refractivity contribution in [3.8, 4) is 0 Å². The van der Waals surface area contributed by atoms with E-state index >= 15 is 0 Å². The maximum absolute atomic E-state index is 10.5. The van der Waals surface area contributed by atoms with Gasteiger partial charge in [-0.15, -0.1) is 0 Å². The first-order valence-corrected chi connectivity index (χ1v) is 6.44. The van der Waals surface area contributed by atoms with Gasteiger partial charge in [-0.05, 0) is 31.0 Å². The molecule has 4 heteroatoms. The molecule has 0 heterocycles. The van der Waals surface area contributed by atoms with Crippen molar-refractivity contribution in [3.05, 3.63) is 33.8 Å². The molecule has 1 atom stereocenters. The lowest BCUT2D eigenvalue weighted by molar-refractivity contribution is -0.109. The summed E-state index contributed by atoms with van der Waals surface area (Å²) in [6, 6.07) is 5.08. The van der Waals surface area contributed by atoms with Crippen LogP contribution in [0.15, 0.2) is 18.2 Å². The van der Waals surface area contributed by atoms with Crippen molar-refractivity contribution in [3.63, 3.8) is 0 Å². The van der Waals surface area contributed by atoms with Gasteiger partial charge in [0.1, 0.15) is 6.10 Å². The number of hydrogen-bond donors (Lipinski definition) is 1. The number of aliphatic hydroxyl groups excluding tert-OH is 1. The van der Waals surface area contributed by atoms with Crippen molar-refractivity contribution in [2.24, 2.45) is 0 Å². The summed E-state index contributed by atoms with van der Waals surface area (Å²) in [6.45, 7) is 3.96. The molecule has 0 bridgehead atoms. The zero-order valence-corrected chi connectivity index (χ0v) is 11.8. The van der Waals surface area contributed by atoms with Crippen molar-refractivity contribution < 1.29 is 9.84 Å². The molecule has 1 aromatic carbocycles. The van der Waals surface area contributed by atoms with Crippen LogP contribution in [-0.2, 0) is 4.74 Å². The molecule has 0 aromatic heterocycles. The fourth-order valence-corrected chi connectivity index (χ4v) is 2.45. The molecule has 1 unspecified atom stereocenters. The number of ether oxygens (including phenoxy) is 1. The topological polar surface area (TPSA) is 29.5 Å². The van der Waals surface area contributed by atoms with Gasteiger partial charge in [0.25, 0.3) is 0 Å². The number of aliphatic hydroxyl groups is 1. The first-order valence-electron chi connectivity index (χ1n) is 5.69. The van der Waals surface area contributed by atoms with Crippen LogP contribution in [0.2, 0.25) is 10.0 Å². The molecule has 0 fully saturated rings. The van der Waals surface area contributed by atoms with Crippen molar-refractivity contribution in [1.82, 2.24) is 0 Å². The summed E-state index contributed by atoms with van der Waals surface area (Å²) in [4.78, 5) is 0. The quantitative estimate of drug-likeness (QED) is 0.872. The molecule has 0 aliphatic carbocycles. The molecule has 0 aliphatic heterocycles. The third-order valence-electron chi connectivity index (χ3n) is 3.35. The number of benzene rings is 1. The molecule has 0 saturated heterocycles. The minimum atomic E-state index is -0.784. The van der Waals surface area contributed by atoms with Gasteiger partial charge >= 0.3 is 0 Å². The molecule has 0 saturated carbocycles.